The fourth-order valence-corrected chi connectivity index (χ4v) is 2.96. The number of rotatable bonds is 5. The Labute approximate surface area is 119 Å². The van der Waals surface area contributed by atoms with Crippen LogP contribution in [-0.2, 0) is 12.0 Å². The van der Waals surface area contributed by atoms with Crippen molar-refractivity contribution in [2.75, 3.05) is 0 Å². The van der Waals surface area contributed by atoms with Gasteiger partial charge in [0.15, 0.2) is 0 Å². The highest BCUT2D eigenvalue weighted by Crippen LogP contribution is 2.31. The summed E-state index contributed by atoms with van der Waals surface area (Å²) in [7, 11) is 0. The summed E-state index contributed by atoms with van der Waals surface area (Å²) in [5.41, 5.74) is 1.71. The number of hydrogen-bond acceptors (Lipinski definition) is 2. The molecule has 0 amide bonds. The van der Waals surface area contributed by atoms with E-state index in [2.05, 4.69) is 37.2 Å². The first-order valence-electron chi connectivity index (χ1n) is 7.16. The van der Waals surface area contributed by atoms with Gasteiger partial charge in [0, 0.05) is 12.0 Å². The Morgan fingerprint density at radius 2 is 2.05 bits per heavy atom. The lowest BCUT2D eigenvalue weighted by Crippen LogP contribution is -2.28. The molecule has 2 rings (SSSR count). The van der Waals surface area contributed by atoms with Crippen molar-refractivity contribution in [2.45, 2.75) is 52.5 Å². The van der Waals surface area contributed by atoms with Gasteiger partial charge < -0.3 is 9.67 Å². The lowest BCUT2D eigenvalue weighted by molar-refractivity contribution is 0.0698. The second kappa shape index (κ2) is 5.27. The van der Waals surface area contributed by atoms with Crippen molar-refractivity contribution in [3.63, 3.8) is 0 Å². The van der Waals surface area contributed by atoms with E-state index in [-0.39, 0.29) is 5.54 Å². The number of carbonyl (C=O) groups is 1. The average molecular weight is 274 g/mol. The van der Waals surface area contributed by atoms with Gasteiger partial charge in [-0.25, -0.2) is 9.78 Å². The summed E-state index contributed by atoms with van der Waals surface area (Å²) in [5.74, 6) is 0.0545. The molecule has 0 bridgehead atoms. The van der Waals surface area contributed by atoms with Crippen molar-refractivity contribution in [2.24, 2.45) is 0 Å². The highest BCUT2D eigenvalue weighted by Gasteiger charge is 2.27. The summed E-state index contributed by atoms with van der Waals surface area (Å²) in [4.78, 5) is 16.1. The lowest BCUT2D eigenvalue weighted by Gasteiger charge is -2.29. The first-order chi connectivity index (χ1) is 9.42. The fraction of sp³-hybridized carbons (Fsp3) is 0.500. The zero-order chi connectivity index (χ0) is 14.9. The zero-order valence-corrected chi connectivity index (χ0v) is 12.6. The van der Waals surface area contributed by atoms with Crippen LogP contribution in [0.5, 0.6) is 0 Å². The number of carboxylic acids is 1. The van der Waals surface area contributed by atoms with Gasteiger partial charge in [-0.15, -0.1) is 0 Å². The van der Waals surface area contributed by atoms with Crippen LogP contribution in [0.15, 0.2) is 18.2 Å². The van der Waals surface area contributed by atoms with Crippen molar-refractivity contribution >= 4 is 17.0 Å². The summed E-state index contributed by atoms with van der Waals surface area (Å²) in [6.45, 7) is 8.50. The molecule has 0 aliphatic rings. The smallest absolute Gasteiger partial charge is 0.337 e. The van der Waals surface area contributed by atoms with E-state index in [0.29, 0.717) is 5.56 Å². The summed E-state index contributed by atoms with van der Waals surface area (Å²) in [6.07, 6.45) is 2.82. The van der Waals surface area contributed by atoms with E-state index in [1.807, 2.05) is 6.07 Å². The van der Waals surface area contributed by atoms with Gasteiger partial charge >= 0.3 is 5.97 Å². The molecule has 0 aliphatic heterocycles. The van der Waals surface area contributed by atoms with Crippen LogP contribution < -0.4 is 0 Å². The summed E-state index contributed by atoms with van der Waals surface area (Å²) >= 11 is 0. The number of nitrogens with zero attached hydrogens (tertiary/aromatic N) is 2. The van der Waals surface area contributed by atoms with Crippen LogP contribution >= 0.6 is 0 Å². The number of aromatic nitrogens is 2. The van der Waals surface area contributed by atoms with E-state index in [1.54, 1.807) is 12.1 Å². The van der Waals surface area contributed by atoms with Crippen molar-refractivity contribution in [3.8, 4) is 0 Å². The number of carboxylic acid groups (broad SMARTS) is 1. The van der Waals surface area contributed by atoms with Crippen LogP contribution in [0.1, 0.15) is 56.7 Å². The molecule has 1 aromatic heterocycles. The Morgan fingerprint density at radius 3 is 2.60 bits per heavy atom. The molecule has 1 heterocycles. The molecule has 0 saturated carbocycles. The molecule has 108 valence electrons. The molecule has 20 heavy (non-hydrogen) atoms. The van der Waals surface area contributed by atoms with Crippen LogP contribution in [0.2, 0.25) is 0 Å². The largest absolute Gasteiger partial charge is 0.478 e. The highest BCUT2D eigenvalue weighted by atomic mass is 16.4. The number of fused-ring (bicyclic) bond motifs is 1. The quantitative estimate of drug-likeness (QED) is 0.901. The predicted molar refractivity (Wildman–Crippen MR) is 80.3 cm³/mol. The molecular formula is C16H22N2O2. The third-order valence-electron chi connectivity index (χ3n) is 3.76. The van der Waals surface area contributed by atoms with Crippen LogP contribution in [0.25, 0.3) is 11.0 Å². The van der Waals surface area contributed by atoms with Gasteiger partial charge in [-0.05, 0) is 32.4 Å². The van der Waals surface area contributed by atoms with Crippen LogP contribution in [-0.4, -0.2) is 20.6 Å². The van der Waals surface area contributed by atoms with Gasteiger partial charge in [0.1, 0.15) is 5.82 Å². The number of aromatic carboxylic acids is 1. The monoisotopic (exact) mass is 274 g/mol. The van der Waals surface area contributed by atoms with Gasteiger partial charge in [-0.3, -0.25) is 0 Å². The number of para-hydroxylation sites is 1. The molecule has 0 fully saturated rings. The van der Waals surface area contributed by atoms with E-state index >= 15 is 0 Å². The number of benzene rings is 1. The topological polar surface area (TPSA) is 55.1 Å². The maximum absolute atomic E-state index is 11.5. The summed E-state index contributed by atoms with van der Waals surface area (Å²) in [6, 6.07) is 5.30. The second-order valence-electron chi connectivity index (χ2n) is 5.76. The molecule has 0 radical (unpaired) electrons. The molecule has 0 spiro atoms. The summed E-state index contributed by atoms with van der Waals surface area (Å²) < 4.78 is 2.12. The van der Waals surface area contributed by atoms with E-state index in [9.17, 15) is 9.90 Å². The number of aryl methyl sites for hydroxylation is 1. The lowest BCUT2D eigenvalue weighted by atomic mass is 9.97. The standard InChI is InChI=1S/C16H22N2O2/c1-5-10-16(3,4)18-13(6-2)17-12-9-7-8-11(14(12)18)15(19)20/h7-9H,5-6,10H2,1-4H3,(H,19,20). The van der Waals surface area contributed by atoms with Gasteiger partial charge in [0.05, 0.1) is 16.6 Å². The van der Waals surface area contributed by atoms with Crippen molar-refractivity contribution in [1.29, 1.82) is 0 Å². The second-order valence-corrected chi connectivity index (χ2v) is 5.76. The maximum Gasteiger partial charge on any atom is 0.337 e. The Bertz CT molecular complexity index is 641. The SMILES string of the molecule is CCCC(C)(C)n1c(CC)nc2cccc(C(=O)O)c21. The molecular weight excluding hydrogens is 252 g/mol. The highest BCUT2D eigenvalue weighted by molar-refractivity contribution is 6.01. The predicted octanol–water partition coefficient (Wildman–Crippen LogP) is 3.83. The fourth-order valence-electron chi connectivity index (χ4n) is 2.96. The van der Waals surface area contributed by atoms with Crippen molar-refractivity contribution < 1.29 is 9.90 Å². The minimum absolute atomic E-state index is 0.138. The van der Waals surface area contributed by atoms with E-state index in [0.717, 1.165) is 36.1 Å². The molecule has 0 atom stereocenters. The van der Waals surface area contributed by atoms with Gasteiger partial charge in [0.2, 0.25) is 0 Å². The average Bonchev–Trinajstić information content (AvgIpc) is 2.77. The van der Waals surface area contributed by atoms with Crippen LogP contribution in [0.3, 0.4) is 0 Å². The minimum Gasteiger partial charge on any atom is -0.478 e. The molecule has 0 unspecified atom stereocenters. The Balaban J connectivity index is 2.82. The number of imidazole rings is 1. The number of hydrogen-bond donors (Lipinski definition) is 1. The van der Waals surface area contributed by atoms with Crippen molar-refractivity contribution in [3.05, 3.63) is 29.6 Å². The van der Waals surface area contributed by atoms with E-state index < -0.39 is 5.97 Å². The van der Waals surface area contributed by atoms with E-state index in [1.165, 1.54) is 0 Å². The van der Waals surface area contributed by atoms with Gasteiger partial charge in [0.25, 0.3) is 0 Å². The molecule has 0 saturated heterocycles. The molecule has 4 nitrogen and oxygen atoms in total. The first-order valence-corrected chi connectivity index (χ1v) is 7.16. The van der Waals surface area contributed by atoms with Gasteiger partial charge in [-0.2, -0.15) is 0 Å². The normalized spacial score (nSPS) is 12.0. The molecule has 1 N–H and O–H groups in total. The summed E-state index contributed by atoms with van der Waals surface area (Å²) in [5, 5.41) is 9.44. The van der Waals surface area contributed by atoms with Crippen LogP contribution in [0, 0.1) is 0 Å². The van der Waals surface area contributed by atoms with Gasteiger partial charge in [-0.1, -0.05) is 26.3 Å². The first kappa shape index (κ1) is 14.6. The van der Waals surface area contributed by atoms with Crippen molar-refractivity contribution in [1.82, 2.24) is 9.55 Å². The van der Waals surface area contributed by atoms with Crippen LogP contribution in [0.4, 0.5) is 0 Å². The molecule has 4 heteroatoms. The Morgan fingerprint density at radius 1 is 1.35 bits per heavy atom. The third kappa shape index (κ3) is 2.30. The van der Waals surface area contributed by atoms with E-state index in [4.69, 9.17) is 0 Å². The minimum atomic E-state index is -0.897. The molecule has 1 aromatic carbocycles. The molecule has 0 aliphatic carbocycles. The Hall–Kier alpha value is -1.84. The maximum atomic E-state index is 11.5. The molecule has 2 aromatic rings. The third-order valence-corrected chi connectivity index (χ3v) is 3.76. The Kier molecular flexibility index (Phi) is 3.84. The zero-order valence-electron chi connectivity index (χ0n) is 12.6.